The van der Waals surface area contributed by atoms with Gasteiger partial charge < -0.3 is 11.1 Å². The molecule has 0 bridgehead atoms. The first-order valence-corrected chi connectivity index (χ1v) is 7.23. The van der Waals surface area contributed by atoms with Crippen molar-refractivity contribution < 1.29 is 0 Å². The molecule has 94 valence electrons. The molecular formula is C14H28N2. The minimum Gasteiger partial charge on any atom is -0.330 e. The third kappa shape index (κ3) is 2.60. The summed E-state index contributed by atoms with van der Waals surface area (Å²) in [6, 6.07) is 0.717. The zero-order valence-corrected chi connectivity index (χ0v) is 10.8. The Morgan fingerprint density at radius 3 is 2.56 bits per heavy atom. The second kappa shape index (κ2) is 5.50. The maximum absolute atomic E-state index is 5.83. The van der Waals surface area contributed by atoms with E-state index in [1.54, 1.807) is 0 Å². The van der Waals surface area contributed by atoms with E-state index in [2.05, 4.69) is 12.2 Å². The fourth-order valence-electron chi connectivity index (χ4n) is 3.72. The van der Waals surface area contributed by atoms with Crippen molar-refractivity contribution in [3.8, 4) is 0 Å². The number of rotatable bonds is 5. The molecule has 0 aromatic rings. The Balaban J connectivity index is 1.81. The fourth-order valence-corrected chi connectivity index (χ4v) is 3.72. The van der Waals surface area contributed by atoms with Crippen molar-refractivity contribution in [2.45, 2.75) is 64.3 Å². The molecule has 3 N–H and O–H groups in total. The molecule has 2 nitrogen and oxygen atoms in total. The summed E-state index contributed by atoms with van der Waals surface area (Å²) in [5.74, 6) is 0.746. The highest BCUT2D eigenvalue weighted by Crippen LogP contribution is 2.40. The van der Waals surface area contributed by atoms with Crippen molar-refractivity contribution in [3.05, 3.63) is 0 Å². The van der Waals surface area contributed by atoms with E-state index in [4.69, 9.17) is 5.73 Å². The second-order valence-electron chi connectivity index (χ2n) is 5.97. The van der Waals surface area contributed by atoms with Crippen LogP contribution in [0.15, 0.2) is 0 Å². The normalized spacial score (nSPS) is 33.4. The van der Waals surface area contributed by atoms with Gasteiger partial charge in [-0.1, -0.05) is 26.2 Å². The van der Waals surface area contributed by atoms with E-state index in [1.165, 1.54) is 57.9 Å². The van der Waals surface area contributed by atoms with Crippen molar-refractivity contribution in [1.29, 1.82) is 0 Å². The van der Waals surface area contributed by atoms with Crippen molar-refractivity contribution in [2.75, 3.05) is 13.1 Å². The maximum atomic E-state index is 5.83. The van der Waals surface area contributed by atoms with Crippen molar-refractivity contribution in [1.82, 2.24) is 5.32 Å². The molecule has 0 radical (unpaired) electrons. The molecule has 0 heterocycles. The summed E-state index contributed by atoms with van der Waals surface area (Å²) in [6.07, 6.45) is 11.2. The lowest BCUT2D eigenvalue weighted by Crippen LogP contribution is -2.41. The molecule has 2 saturated carbocycles. The molecule has 0 aromatic heterocycles. The van der Waals surface area contributed by atoms with E-state index in [9.17, 15) is 0 Å². The topological polar surface area (TPSA) is 38.0 Å². The standard InChI is InChI=1S/C14H28N2/c1-2-14(8-3-4-9-14)11-16-13-7-5-6-12(13)10-15/h12-13,16H,2-11,15H2,1H3. The van der Waals surface area contributed by atoms with Crippen molar-refractivity contribution in [3.63, 3.8) is 0 Å². The van der Waals surface area contributed by atoms with Gasteiger partial charge in [0.1, 0.15) is 0 Å². The lowest BCUT2D eigenvalue weighted by atomic mass is 9.83. The Hall–Kier alpha value is -0.0800. The van der Waals surface area contributed by atoms with E-state index in [1.807, 2.05) is 0 Å². The van der Waals surface area contributed by atoms with Crippen LogP contribution in [0.4, 0.5) is 0 Å². The molecule has 2 aliphatic carbocycles. The lowest BCUT2D eigenvalue weighted by Gasteiger charge is -2.31. The van der Waals surface area contributed by atoms with E-state index < -0.39 is 0 Å². The highest BCUT2D eigenvalue weighted by atomic mass is 14.9. The van der Waals surface area contributed by atoms with E-state index in [0.29, 0.717) is 11.5 Å². The van der Waals surface area contributed by atoms with Crippen LogP contribution < -0.4 is 11.1 Å². The van der Waals surface area contributed by atoms with Crippen LogP contribution in [0, 0.1) is 11.3 Å². The summed E-state index contributed by atoms with van der Waals surface area (Å²) < 4.78 is 0. The van der Waals surface area contributed by atoms with Crippen LogP contribution in [0.5, 0.6) is 0 Å². The Labute approximate surface area is 100 Å². The monoisotopic (exact) mass is 224 g/mol. The molecule has 0 aromatic carbocycles. The average molecular weight is 224 g/mol. The SMILES string of the molecule is CCC1(CNC2CCCC2CN)CCCC1. The molecule has 0 aliphatic heterocycles. The highest BCUT2D eigenvalue weighted by molar-refractivity contribution is 4.90. The average Bonchev–Trinajstić information content (AvgIpc) is 2.96. The van der Waals surface area contributed by atoms with Crippen LogP contribution in [0.1, 0.15) is 58.3 Å². The molecule has 2 atom stereocenters. The summed E-state index contributed by atoms with van der Waals surface area (Å²) in [4.78, 5) is 0. The van der Waals surface area contributed by atoms with Gasteiger partial charge in [-0.05, 0) is 50.0 Å². The van der Waals surface area contributed by atoms with Gasteiger partial charge in [0.25, 0.3) is 0 Å². The Kier molecular flexibility index (Phi) is 4.26. The van der Waals surface area contributed by atoms with Crippen LogP contribution >= 0.6 is 0 Å². The van der Waals surface area contributed by atoms with Gasteiger partial charge >= 0.3 is 0 Å². The summed E-state index contributed by atoms with van der Waals surface area (Å²) in [6.45, 7) is 4.48. The predicted molar refractivity (Wildman–Crippen MR) is 69.4 cm³/mol. The van der Waals surface area contributed by atoms with E-state index in [-0.39, 0.29) is 0 Å². The van der Waals surface area contributed by atoms with Gasteiger partial charge in [-0.3, -0.25) is 0 Å². The molecule has 0 saturated heterocycles. The first-order chi connectivity index (χ1) is 7.79. The zero-order chi connectivity index (χ0) is 11.4. The molecule has 2 rings (SSSR count). The Morgan fingerprint density at radius 2 is 1.94 bits per heavy atom. The number of nitrogens with one attached hydrogen (secondary N) is 1. The molecular weight excluding hydrogens is 196 g/mol. The van der Waals surface area contributed by atoms with Crippen LogP contribution in [-0.4, -0.2) is 19.1 Å². The maximum Gasteiger partial charge on any atom is 0.0108 e. The molecule has 16 heavy (non-hydrogen) atoms. The quantitative estimate of drug-likeness (QED) is 0.753. The Bertz CT molecular complexity index is 209. The third-order valence-corrected chi connectivity index (χ3v) is 5.12. The van der Waals surface area contributed by atoms with Crippen molar-refractivity contribution in [2.24, 2.45) is 17.1 Å². The molecule has 2 fully saturated rings. The number of hydrogen-bond acceptors (Lipinski definition) is 2. The minimum atomic E-state index is 0.627. The number of nitrogens with two attached hydrogens (primary N) is 1. The van der Waals surface area contributed by atoms with Gasteiger partial charge in [0, 0.05) is 12.6 Å². The molecule has 0 amide bonds. The second-order valence-corrected chi connectivity index (χ2v) is 5.97. The first kappa shape index (κ1) is 12.4. The zero-order valence-electron chi connectivity index (χ0n) is 10.8. The largest absolute Gasteiger partial charge is 0.330 e. The van der Waals surface area contributed by atoms with Gasteiger partial charge in [-0.15, -0.1) is 0 Å². The van der Waals surface area contributed by atoms with Crippen molar-refractivity contribution >= 4 is 0 Å². The Morgan fingerprint density at radius 1 is 1.19 bits per heavy atom. The molecule has 0 spiro atoms. The van der Waals surface area contributed by atoms with Crippen LogP contribution in [0.3, 0.4) is 0 Å². The minimum absolute atomic E-state index is 0.627. The lowest BCUT2D eigenvalue weighted by molar-refractivity contribution is 0.244. The molecule has 2 unspecified atom stereocenters. The summed E-state index contributed by atoms with van der Waals surface area (Å²) in [5, 5.41) is 3.84. The third-order valence-electron chi connectivity index (χ3n) is 5.12. The van der Waals surface area contributed by atoms with Gasteiger partial charge in [-0.2, -0.15) is 0 Å². The first-order valence-electron chi connectivity index (χ1n) is 7.23. The van der Waals surface area contributed by atoms with Gasteiger partial charge in [0.15, 0.2) is 0 Å². The van der Waals surface area contributed by atoms with Crippen LogP contribution in [-0.2, 0) is 0 Å². The summed E-state index contributed by atoms with van der Waals surface area (Å²) in [7, 11) is 0. The highest BCUT2D eigenvalue weighted by Gasteiger charge is 2.34. The molecule has 2 heteroatoms. The van der Waals surface area contributed by atoms with Crippen LogP contribution in [0.25, 0.3) is 0 Å². The van der Waals surface area contributed by atoms with E-state index in [0.717, 1.165) is 12.5 Å². The summed E-state index contributed by atoms with van der Waals surface area (Å²) >= 11 is 0. The molecule has 2 aliphatic rings. The fraction of sp³-hybridized carbons (Fsp3) is 1.00. The van der Waals surface area contributed by atoms with Gasteiger partial charge in [0.05, 0.1) is 0 Å². The van der Waals surface area contributed by atoms with Crippen LogP contribution in [0.2, 0.25) is 0 Å². The smallest absolute Gasteiger partial charge is 0.0108 e. The summed E-state index contributed by atoms with van der Waals surface area (Å²) in [5.41, 5.74) is 6.46. The van der Waals surface area contributed by atoms with Gasteiger partial charge in [-0.25, -0.2) is 0 Å². The number of hydrogen-bond donors (Lipinski definition) is 2. The van der Waals surface area contributed by atoms with Gasteiger partial charge in [0.2, 0.25) is 0 Å². The predicted octanol–water partition coefficient (Wildman–Crippen LogP) is 2.67. The van der Waals surface area contributed by atoms with E-state index >= 15 is 0 Å².